The van der Waals surface area contributed by atoms with Crippen LogP contribution in [0.2, 0.25) is 0 Å². The average molecular weight is 524 g/mol. The fourth-order valence-corrected chi connectivity index (χ4v) is 7.01. The molecule has 5 rings (SSSR count). The van der Waals surface area contributed by atoms with E-state index >= 15 is 0 Å². The number of hydrogen-bond donors (Lipinski definition) is 2. The Bertz CT molecular complexity index is 1430. The SMILES string of the molecule is Cc1ccc(N2CC[C@H](N)C2)cc1NC(=O)C(C)n1cc(C)c2cc(S(=O)(=O)N3CCCCC3)ccc21. The molecule has 2 aliphatic heterocycles. The number of aryl methyl sites for hydroxylation is 2. The first kappa shape index (κ1) is 25.8. The minimum absolute atomic E-state index is 0.125. The molecule has 1 unspecified atom stereocenters. The van der Waals surface area contributed by atoms with E-state index in [1.54, 1.807) is 16.4 Å². The molecule has 3 heterocycles. The van der Waals surface area contributed by atoms with Gasteiger partial charge in [0, 0.05) is 60.7 Å². The third-order valence-corrected chi connectivity index (χ3v) is 9.72. The molecule has 3 N–H and O–H groups in total. The maximum Gasteiger partial charge on any atom is 0.247 e. The number of nitrogens with two attached hydrogens (primary N) is 1. The molecule has 0 aliphatic carbocycles. The first-order valence-electron chi connectivity index (χ1n) is 13.2. The summed E-state index contributed by atoms with van der Waals surface area (Å²) in [6.07, 6.45) is 5.77. The molecule has 2 atom stereocenters. The number of anilines is 2. The molecule has 0 radical (unpaired) electrons. The van der Waals surface area contributed by atoms with Gasteiger partial charge in [0.05, 0.1) is 4.90 Å². The second-order valence-corrected chi connectivity index (χ2v) is 12.5. The summed E-state index contributed by atoms with van der Waals surface area (Å²) in [5.74, 6) is -0.125. The number of hydrogen-bond acceptors (Lipinski definition) is 5. The van der Waals surface area contributed by atoms with Crippen molar-refractivity contribution in [2.24, 2.45) is 5.73 Å². The van der Waals surface area contributed by atoms with Gasteiger partial charge in [-0.15, -0.1) is 0 Å². The van der Waals surface area contributed by atoms with Gasteiger partial charge in [-0.1, -0.05) is 12.5 Å². The molecule has 0 bridgehead atoms. The highest BCUT2D eigenvalue weighted by Crippen LogP contribution is 2.31. The van der Waals surface area contributed by atoms with Crippen molar-refractivity contribution in [1.82, 2.24) is 8.87 Å². The Kier molecular flexibility index (Phi) is 7.04. The quantitative estimate of drug-likeness (QED) is 0.505. The number of aromatic nitrogens is 1. The van der Waals surface area contributed by atoms with Crippen molar-refractivity contribution in [2.45, 2.75) is 63.4 Å². The Morgan fingerprint density at radius 3 is 2.49 bits per heavy atom. The molecule has 0 spiro atoms. The Morgan fingerprint density at radius 2 is 1.78 bits per heavy atom. The Hall–Kier alpha value is -2.88. The number of nitrogens with zero attached hydrogens (tertiary/aromatic N) is 3. The topological polar surface area (TPSA) is 101 Å². The van der Waals surface area contributed by atoms with Gasteiger partial charge >= 0.3 is 0 Å². The lowest BCUT2D eigenvalue weighted by Gasteiger charge is -2.26. The number of piperidine rings is 1. The van der Waals surface area contributed by atoms with E-state index < -0.39 is 16.1 Å². The Labute approximate surface area is 219 Å². The second-order valence-electron chi connectivity index (χ2n) is 10.5. The molecule has 2 aromatic carbocycles. The maximum atomic E-state index is 13.4. The second kappa shape index (κ2) is 10.1. The summed E-state index contributed by atoms with van der Waals surface area (Å²) in [5, 5.41) is 3.96. The standard InChI is InChI=1S/C28H37N5O3S/c1-19-7-8-23(31-14-11-22(29)18-31)15-26(19)30-28(34)21(3)33-17-20(2)25-16-24(9-10-27(25)33)37(35,36)32-12-5-4-6-13-32/h7-10,15-17,21-22H,4-6,11-14,18,29H2,1-3H3,(H,30,34)/t21?,22-/m0/s1. The van der Waals surface area contributed by atoms with Crippen LogP contribution in [-0.2, 0) is 14.8 Å². The molecular weight excluding hydrogens is 486 g/mol. The minimum atomic E-state index is -3.52. The molecule has 2 aliphatic rings. The van der Waals surface area contributed by atoms with Crippen molar-refractivity contribution in [2.75, 3.05) is 36.4 Å². The number of carbonyl (C=O) groups is 1. The number of amides is 1. The van der Waals surface area contributed by atoms with E-state index in [4.69, 9.17) is 5.73 Å². The zero-order valence-corrected chi connectivity index (χ0v) is 22.7. The van der Waals surface area contributed by atoms with Gasteiger partial charge in [0.1, 0.15) is 6.04 Å². The summed E-state index contributed by atoms with van der Waals surface area (Å²) < 4.78 is 29.9. The number of rotatable bonds is 6. The van der Waals surface area contributed by atoms with Gasteiger partial charge in [0.15, 0.2) is 0 Å². The van der Waals surface area contributed by atoms with Gasteiger partial charge < -0.3 is 20.5 Å². The molecule has 37 heavy (non-hydrogen) atoms. The molecule has 3 aromatic rings. The summed E-state index contributed by atoms with van der Waals surface area (Å²) in [6.45, 7) is 8.68. The zero-order chi connectivity index (χ0) is 26.3. The van der Waals surface area contributed by atoms with E-state index in [9.17, 15) is 13.2 Å². The molecule has 1 amide bonds. The fraction of sp³-hybridized carbons (Fsp3) is 0.464. The van der Waals surface area contributed by atoms with E-state index in [1.807, 2.05) is 49.7 Å². The molecule has 2 saturated heterocycles. The van der Waals surface area contributed by atoms with Crippen LogP contribution in [0.4, 0.5) is 11.4 Å². The summed E-state index contributed by atoms with van der Waals surface area (Å²) in [6, 6.07) is 11.1. The highest BCUT2D eigenvalue weighted by atomic mass is 32.2. The van der Waals surface area contributed by atoms with Gasteiger partial charge in [-0.3, -0.25) is 4.79 Å². The number of fused-ring (bicyclic) bond motifs is 1. The molecular formula is C28H37N5O3S. The van der Waals surface area contributed by atoms with Crippen molar-refractivity contribution >= 4 is 38.2 Å². The number of sulfonamides is 1. The van der Waals surface area contributed by atoms with Crippen LogP contribution in [0, 0.1) is 13.8 Å². The first-order chi connectivity index (χ1) is 17.6. The lowest BCUT2D eigenvalue weighted by Crippen LogP contribution is -2.35. The highest BCUT2D eigenvalue weighted by Gasteiger charge is 2.27. The van der Waals surface area contributed by atoms with E-state index in [0.29, 0.717) is 18.0 Å². The van der Waals surface area contributed by atoms with Crippen LogP contribution in [-0.4, -0.2) is 55.4 Å². The van der Waals surface area contributed by atoms with E-state index in [-0.39, 0.29) is 11.9 Å². The van der Waals surface area contributed by atoms with Crippen LogP contribution < -0.4 is 16.0 Å². The van der Waals surface area contributed by atoms with Crippen molar-refractivity contribution in [3.63, 3.8) is 0 Å². The van der Waals surface area contributed by atoms with E-state index in [1.165, 1.54) is 0 Å². The van der Waals surface area contributed by atoms with Crippen LogP contribution in [0.5, 0.6) is 0 Å². The molecule has 8 nitrogen and oxygen atoms in total. The molecule has 1 aromatic heterocycles. The highest BCUT2D eigenvalue weighted by molar-refractivity contribution is 7.89. The van der Waals surface area contributed by atoms with E-state index in [0.717, 1.165) is 72.2 Å². The fourth-order valence-electron chi connectivity index (χ4n) is 5.47. The number of benzene rings is 2. The van der Waals surface area contributed by atoms with Gasteiger partial charge in [0.2, 0.25) is 15.9 Å². The van der Waals surface area contributed by atoms with Gasteiger partial charge in [-0.2, -0.15) is 4.31 Å². The first-order valence-corrected chi connectivity index (χ1v) is 14.6. The van der Waals surface area contributed by atoms with Crippen molar-refractivity contribution in [1.29, 1.82) is 0 Å². The Morgan fingerprint density at radius 1 is 1.03 bits per heavy atom. The van der Waals surface area contributed by atoms with Crippen LogP contribution in [0.1, 0.15) is 49.8 Å². The van der Waals surface area contributed by atoms with Crippen molar-refractivity contribution < 1.29 is 13.2 Å². The van der Waals surface area contributed by atoms with Crippen molar-refractivity contribution in [3.8, 4) is 0 Å². The maximum absolute atomic E-state index is 13.4. The van der Waals surface area contributed by atoms with Crippen LogP contribution in [0.15, 0.2) is 47.5 Å². The normalized spacial score (nSPS) is 19.9. The third-order valence-electron chi connectivity index (χ3n) is 7.82. The summed E-state index contributed by atoms with van der Waals surface area (Å²) in [4.78, 5) is 15.9. The predicted molar refractivity (Wildman–Crippen MR) is 149 cm³/mol. The van der Waals surface area contributed by atoms with Gasteiger partial charge in [-0.25, -0.2) is 8.42 Å². The van der Waals surface area contributed by atoms with Crippen LogP contribution in [0.3, 0.4) is 0 Å². The van der Waals surface area contributed by atoms with E-state index in [2.05, 4.69) is 16.3 Å². The minimum Gasteiger partial charge on any atom is -0.370 e. The van der Waals surface area contributed by atoms with Crippen molar-refractivity contribution in [3.05, 3.63) is 53.7 Å². The average Bonchev–Trinajstić information content (AvgIpc) is 3.48. The number of nitrogens with one attached hydrogen (secondary N) is 1. The lowest BCUT2D eigenvalue weighted by atomic mass is 10.1. The third kappa shape index (κ3) is 5.00. The monoisotopic (exact) mass is 523 g/mol. The predicted octanol–water partition coefficient (Wildman–Crippen LogP) is 4.17. The zero-order valence-electron chi connectivity index (χ0n) is 21.9. The van der Waals surface area contributed by atoms with Gasteiger partial charge in [-0.05, 0) is 81.5 Å². The van der Waals surface area contributed by atoms with Gasteiger partial charge in [0.25, 0.3) is 0 Å². The Balaban J connectivity index is 1.38. The lowest BCUT2D eigenvalue weighted by molar-refractivity contribution is -0.118. The molecule has 9 heteroatoms. The summed E-state index contributed by atoms with van der Waals surface area (Å²) in [7, 11) is -3.52. The summed E-state index contributed by atoms with van der Waals surface area (Å²) >= 11 is 0. The smallest absolute Gasteiger partial charge is 0.247 e. The molecule has 0 saturated carbocycles. The molecule has 2 fully saturated rings. The van der Waals surface area contributed by atoms with Crippen LogP contribution in [0.25, 0.3) is 10.9 Å². The van der Waals surface area contributed by atoms with Crippen LogP contribution >= 0.6 is 0 Å². The molecule has 198 valence electrons. The summed E-state index contributed by atoms with van der Waals surface area (Å²) in [5.41, 5.74) is 10.7. The largest absolute Gasteiger partial charge is 0.370 e. The number of carbonyl (C=O) groups excluding carboxylic acids is 1.